The van der Waals surface area contributed by atoms with Crippen LogP contribution in [0.25, 0.3) is 0 Å². The quantitative estimate of drug-likeness (QED) is 0.511. The van der Waals surface area contributed by atoms with Crippen molar-refractivity contribution in [1.82, 2.24) is 0 Å². The van der Waals surface area contributed by atoms with Crippen LogP contribution in [0.3, 0.4) is 0 Å². The Morgan fingerprint density at radius 3 is 1.73 bits per heavy atom. The normalized spacial score (nSPS) is 11.2. The molecule has 0 aliphatic heterocycles. The van der Waals surface area contributed by atoms with Gasteiger partial charge in [0.15, 0.2) is 0 Å². The van der Waals surface area contributed by atoms with Crippen LogP contribution in [0.5, 0.6) is 0 Å². The zero-order valence-electron chi connectivity index (χ0n) is 16.8. The van der Waals surface area contributed by atoms with Gasteiger partial charge in [0.1, 0.15) is 0 Å². The van der Waals surface area contributed by atoms with Gasteiger partial charge in [0.05, 0.1) is 10.5 Å². The highest BCUT2D eigenvalue weighted by Gasteiger charge is 2.14. The van der Waals surface area contributed by atoms with E-state index in [0.717, 1.165) is 42.4 Å². The van der Waals surface area contributed by atoms with Gasteiger partial charge in [0.2, 0.25) is 0 Å². The molecule has 0 aliphatic rings. The maximum absolute atomic E-state index is 12.6. The zero-order chi connectivity index (χ0) is 21.6. The van der Waals surface area contributed by atoms with E-state index in [4.69, 9.17) is 5.11 Å². The molecule has 2 N–H and O–H groups in total. The van der Waals surface area contributed by atoms with Crippen LogP contribution >= 0.6 is 0 Å². The zero-order valence-corrected chi connectivity index (χ0v) is 17.7. The molecule has 0 atom stereocenters. The first kappa shape index (κ1) is 21.6. The lowest BCUT2D eigenvalue weighted by Crippen LogP contribution is -2.13. The molecule has 0 fully saturated rings. The van der Waals surface area contributed by atoms with E-state index in [9.17, 15) is 13.2 Å². The Hall–Kier alpha value is -3.12. The third-order valence-electron chi connectivity index (χ3n) is 4.88. The summed E-state index contributed by atoms with van der Waals surface area (Å²) in [6.07, 6.45) is 3.50. The van der Waals surface area contributed by atoms with Gasteiger partial charge in [-0.1, -0.05) is 49.7 Å². The van der Waals surface area contributed by atoms with Crippen molar-refractivity contribution in [2.45, 2.75) is 37.5 Å². The SMILES string of the molecule is CCCc1ccc(S(=O)(=O)Nc2ccc(CCc3ccc(C(=O)O)cc3)cc2)cc1. The lowest BCUT2D eigenvalue weighted by Gasteiger charge is -2.10. The summed E-state index contributed by atoms with van der Waals surface area (Å²) in [5.41, 5.74) is 4.04. The van der Waals surface area contributed by atoms with Crippen molar-refractivity contribution in [3.63, 3.8) is 0 Å². The van der Waals surface area contributed by atoms with Crippen molar-refractivity contribution in [3.05, 3.63) is 95.1 Å². The molecule has 0 aromatic heterocycles. The third kappa shape index (κ3) is 5.70. The number of benzene rings is 3. The molecule has 0 heterocycles. The molecule has 3 rings (SSSR count). The Kier molecular flexibility index (Phi) is 6.90. The van der Waals surface area contributed by atoms with E-state index in [1.165, 1.54) is 0 Å². The fourth-order valence-corrected chi connectivity index (χ4v) is 4.24. The fraction of sp³-hybridized carbons (Fsp3) is 0.208. The monoisotopic (exact) mass is 423 g/mol. The molecule has 0 unspecified atom stereocenters. The number of anilines is 1. The molecule has 0 radical (unpaired) electrons. The number of nitrogens with one attached hydrogen (secondary N) is 1. The maximum atomic E-state index is 12.6. The summed E-state index contributed by atoms with van der Waals surface area (Å²) >= 11 is 0. The Morgan fingerprint density at radius 1 is 0.767 bits per heavy atom. The van der Waals surface area contributed by atoms with Gasteiger partial charge in [-0.15, -0.1) is 0 Å². The smallest absolute Gasteiger partial charge is 0.335 e. The van der Waals surface area contributed by atoms with E-state index in [2.05, 4.69) is 11.6 Å². The standard InChI is InChI=1S/C24H25NO4S/c1-2-3-18-10-16-23(17-11-18)30(28,29)25-22-14-8-20(9-15-22)5-4-19-6-12-21(13-7-19)24(26)27/h6-17,25H,2-5H2,1H3,(H,26,27). The van der Waals surface area contributed by atoms with Gasteiger partial charge in [-0.05, 0) is 72.4 Å². The summed E-state index contributed by atoms with van der Waals surface area (Å²) in [6.45, 7) is 2.09. The summed E-state index contributed by atoms with van der Waals surface area (Å²) in [5.74, 6) is -0.934. The second kappa shape index (κ2) is 9.59. The molecule has 0 amide bonds. The van der Waals surface area contributed by atoms with E-state index in [1.54, 1.807) is 36.4 Å². The lowest BCUT2D eigenvalue weighted by molar-refractivity contribution is 0.0697. The lowest BCUT2D eigenvalue weighted by atomic mass is 10.0. The number of carboxylic acid groups (broad SMARTS) is 1. The number of hydrogen-bond donors (Lipinski definition) is 2. The van der Waals surface area contributed by atoms with Gasteiger partial charge >= 0.3 is 5.97 Å². The summed E-state index contributed by atoms with van der Waals surface area (Å²) in [6, 6.07) is 21.1. The number of hydrogen-bond acceptors (Lipinski definition) is 3. The molecule has 0 saturated carbocycles. The molecule has 0 bridgehead atoms. The number of carbonyl (C=O) groups is 1. The third-order valence-corrected chi connectivity index (χ3v) is 6.28. The molecule has 3 aromatic carbocycles. The van der Waals surface area contributed by atoms with Crippen molar-refractivity contribution < 1.29 is 18.3 Å². The number of aryl methyl sites for hydroxylation is 3. The van der Waals surface area contributed by atoms with Gasteiger partial charge in [0.25, 0.3) is 10.0 Å². The Balaban J connectivity index is 1.60. The fourth-order valence-electron chi connectivity index (χ4n) is 3.18. The van der Waals surface area contributed by atoms with Crippen molar-refractivity contribution >= 4 is 21.7 Å². The number of sulfonamides is 1. The first-order chi connectivity index (χ1) is 14.4. The van der Waals surface area contributed by atoms with Gasteiger partial charge in [-0.25, -0.2) is 13.2 Å². The highest BCUT2D eigenvalue weighted by atomic mass is 32.2. The van der Waals surface area contributed by atoms with Gasteiger partial charge < -0.3 is 5.11 Å². The first-order valence-corrected chi connectivity index (χ1v) is 11.4. The van der Waals surface area contributed by atoms with E-state index >= 15 is 0 Å². The molecule has 6 heteroatoms. The van der Waals surface area contributed by atoms with Gasteiger partial charge in [0, 0.05) is 5.69 Å². The second-order valence-corrected chi connectivity index (χ2v) is 8.88. The van der Waals surface area contributed by atoms with E-state index in [0.29, 0.717) is 5.69 Å². The van der Waals surface area contributed by atoms with Crippen LogP contribution in [-0.2, 0) is 29.3 Å². The van der Waals surface area contributed by atoms with Crippen molar-refractivity contribution in [3.8, 4) is 0 Å². The molecular formula is C24H25NO4S. The summed E-state index contributed by atoms with van der Waals surface area (Å²) in [7, 11) is -3.62. The van der Waals surface area contributed by atoms with Crippen molar-refractivity contribution in [2.75, 3.05) is 4.72 Å². The predicted octanol–water partition coefficient (Wildman–Crippen LogP) is 4.92. The number of rotatable bonds is 9. The average molecular weight is 424 g/mol. The van der Waals surface area contributed by atoms with Crippen LogP contribution in [-0.4, -0.2) is 19.5 Å². The number of aromatic carboxylic acids is 1. The van der Waals surface area contributed by atoms with Crippen LogP contribution < -0.4 is 4.72 Å². The summed E-state index contributed by atoms with van der Waals surface area (Å²) < 4.78 is 27.8. The Morgan fingerprint density at radius 2 is 1.23 bits per heavy atom. The highest BCUT2D eigenvalue weighted by Crippen LogP contribution is 2.18. The summed E-state index contributed by atoms with van der Waals surface area (Å²) in [5, 5.41) is 8.95. The molecule has 30 heavy (non-hydrogen) atoms. The minimum Gasteiger partial charge on any atom is -0.478 e. The van der Waals surface area contributed by atoms with Gasteiger partial charge in [-0.3, -0.25) is 4.72 Å². The first-order valence-electron chi connectivity index (χ1n) is 9.90. The van der Waals surface area contributed by atoms with Crippen LogP contribution in [0.15, 0.2) is 77.7 Å². The van der Waals surface area contributed by atoms with E-state index < -0.39 is 16.0 Å². The van der Waals surface area contributed by atoms with Crippen molar-refractivity contribution in [1.29, 1.82) is 0 Å². The highest BCUT2D eigenvalue weighted by molar-refractivity contribution is 7.92. The van der Waals surface area contributed by atoms with E-state index in [-0.39, 0.29) is 10.5 Å². The minimum atomic E-state index is -3.62. The summed E-state index contributed by atoms with van der Waals surface area (Å²) in [4.78, 5) is 11.2. The van der Waals surface area contributed by atoms with Crippen LogP contribution in [0.1, 0.15) is 40.4 Å². The topological polar surface area (TPSA) is 83.5 Å². The maximum Gasteiger partial charge on any atom is 0.335 e. The molecule has 0 spiro atoms. The minimum absolute atomic E-state index is 0.247. The van der Waals surface area contributed by atoms with Crippen molar-refractivity contribution in [2.24, 2.45) is 0 Å². The second-order valence-electron chi connectivity index (χ2n) is 7.20. The molecular weight excluding hydrogens is 398 g/mol. The number of carboxylic acids is 1. The molecule has 156 valence electrons. The molecule has 0 aliphatic carbocycles. The average Bonchev–Trinajstić information content (AvgIpc) is 2.74. The van der Waals surface area contributed by atoms with Crippen LogP contribution in [0, 0.1) is 0 Å². The molecule has 0 saturated heterocycles. The Bertz CT molecular complexity index is 1090. The largest absolute Gasteiger partial charge is 0.478 e. The molecule has 3 aromatic rings. The Labute approximate surface area is 177 Å². The van der Waals surface area contributed by atoms with Crippen LogP contribution in [0.4, 0.5) is 5.69 Å². The molecule has 5 nitrogen and oxygen atoms in total. The predicted molar refractivity (Wildman–Crippen MR) is 118 cm³/mol. The van der Waals surface area contributed by atoms with Crippen LogP contribution in [0.2, 0.25) is 0 Å². The van der Waals surface area contributed by atoms with Gasteiger partial charge in [-0.2, -0.15) is 0 Å². The van der Waals surface area contributed by atoms with E-state index in [1.807, 2.05) is 36.4 Å².